The number of benzene rings is 1. The zero-order valence-corrected chi connectivity index (χ0v) is 12.3. The standard InChI is InChI=1S/C11H10F5NOS.CH4O/c1-3-5(4-18)17(2)19-11-9(15)7(13)6(12)8(14)10(11)16;1-2/h4-5H,3H2,1-2H3;2H,1H3. The maximum atomic E-state index is 13.4. The predicted molar refractivity (Wildman–Crippen MR) is 68.1 cm³/mol. The Kier molecular flexibility index (Phi) is 8.45. The summed E-state index contributed by atoms with van der Waals surface area (Å²) in [7, 11) is 2.32. The fraction of sp³-hybridized carbons (Fsp3) is 0.417. The molecular formula is C12H14F5NO2S. The molecule has 0 heterocycles. The van der Waals surface area contributed by atoms with Crippen LogP contribution in [-0.2, 0) is 4.79 Å². The Hall–Kier alpha value is -1.19. The Labute approximate surface area is 122 Å². The van der Waals surface area contributed by atoms with Crippen LogP contribution in [0.1, 0.15) is 13.3 Å². The minimum absolute atomic E-state index is 0.297. The molecule has 0 aliphatic carbocycles. The molecule has 9 heteroatoms. The zero-order chi connectivity index (χ0) is 16.7. The molecule has 1 N–H and O–H groups in total. The van der Waals surface area contributed by atoms with Crippen molar-refractivity contribution in [2.45, 2.75) is 24.3 Å². The number of nitrogens with zero attached hydrogens (tertiary/aromatic N) is 1. The molecule has 0 fully saturated rings. The van der Waals surface area contributed by atoms with Crippen LogP contribution in [0.5, 0.6) is 0 Å². The van der Waals surface area contributed by atoms with Crippen LogP contribution < -0.4 is 0 Å². The molecule has 1 aromatic rings. The van der Waals surface area contributed by atoms with E-state index in [-0.39, 0.29) is 0 Å². The lowest BCUT2D eigenvalue weighted by Crippen LogP contribution is -2.26. The summed E-state index contributed by atoms with van der Waals surface area (Å²) in [5, 5.41) is 7.00. The van der Waals surface area contributed by atoms with Gasteiger partial charge in [-0.3, -0.25) is 0 Å². The first-order valence-corrected chi connectivity index (χ1v) is 6.44. The second-order valence-corrected chi connectivity index (χ2v) is 4.81. The lowest BCUT2D eigenvalue weighted by atomic mass is 10.3. The molecule has 0 aliphatic heterocycles. The van der Waals surface area contributed by atoms with Gasteiger partial charge in [0.1, 0.15) is 11.2 Å². The third kappa shape index (κ3) is 4.39. The van der Waals surface area contributed by atoms with Gasteiger partial charge in [-0.25, -0.2) is 26.3 Å². The molecule has 1 atom stereocenters. The van der Waals surface area contributed by atoms with E-state index in [9.17, 15) is 26.7 Å². The summed E-state index contributed by atoms with van der Waals surface area (Å²) in [5.74, 6) is -10.0. The fourth-order valence-electron chi connectivity index (χ4n) is 1.32. The van der Waals surface area contributed by atoms with E-state index < -0.39 is 40.0 Å². The van der Waals surface area contributed by atoms with Gasteiger partial charge in [0.15, 0.2) is 23.3 Å². The van der Waals surface area contributed by atoms with E-state index in [0.717, 1.165) is 11.4 Å². The molecule has 120 valence electrons. The van der Waals surface area contributed by atoms with Gasteiger partial charge in [-0.1, -0.05) is 6.92 Å². The number of aliphatic hydroxyl groups excluding tert-OH is 1. The number of halogens is 5. The molecule has 0 bridgehead atoms. The molecule has 1 rings (SSSR count). The van der Waals surface area contributed by atoms with Crippen molar-refractivity contribution in [2.24, 2.45) is 0 Å². The topological polar surface area (TPSA) is 40.5 Å². The highest BCUT2D eigenvalue weighted by Gasteiger charge is 2.28. The first-order chi connectivity index (χ1) is 9.84. The first kappa shape index (κ1) is 19.8. The summed E-state index contributed by atoms with van der Waals surface area (Å²) in [6.45, 7) is 1.65. The van der Waals surface area contributed by atoms with E-state index in [0.29, 0.717) is 24.7 Å². The van der Waals surface area contributed by atoms with Crippen molar-refractivity contribution in [2.75, 3.05) is 14.2 Å². The van der Waals surface area contributed by atoms with Gasteiger partial charge >= 0.3 is 0 Å². The molecule has 0 aromatic heterocycles. The summed E-state index contributed by atoms with van der Waals surface area (Å²) in [5.41, 5.74) is 0. The van der Waals surface area contributed by atoms with E-state index in [1.54, 1.807) is 6.92 Å². The highest BCUT2D eigenvalue weighted by Crippen LogP contribution is 2.33. The summed E-state index contributed by atoms with van der Waals surface area (Å²) in [4.78, 5) is 9.65. The van der Waals surface area contributed by atoms with Gasteiger partial charge in [-0.2, -0.15) is 0 Å². The maximum absolute atomic E-state index is 13.4. The van der Waals surface area contributed by atoms with Crippen LogP contribution in [0, 0.1) is 29.1 Å². The van der Waals surface area contributed by atoms with Gasteiger partial charge in [-0.15, -0.1) is 0 Å². The number of carbonyl (C=O) groups excluding carboxylic acids is 1. The summed E-state index contributed by atoms with van der Waals surface area (Å²) in [6, 6.07) is -0.694. The van der Waals surface area contributed by atoms with Crippen molar-refractivity contribution in [1.82, 2.24) is 4.31 Å². The predicted octanol–water partition coefficient (Wildman–Crippen LogP) is 2.91. The highest BCUT2D eigenvalue weighted by molar-refractivity contribution is 7.97. The third-order valence-corrected chi connectivity index (χ3v) is 3.55. The molecule has 0 aliphatic rings. The number of carbonyl (C=O) groups is 1. The van der Waals surface area contributed by atoms with Gasteiger partial charge in [0.2, 0.25) is 5.82 Å². The van der Waals surface area contributed by atoms with Gasteiger partial charge in [0.25, 0.3) is 0 Å². The van der Waals surface area contributed by atoms with Crippen LogP contribution in [0.15, 0.2) is 4.90 Å². The quantitative estimate of drug-likeness (QED) is 0.296. The molecular weight excluding hydrogens is 317 g/mol. The second-order valence-electron chi connectivity index (χ2n) is 3.65. The van der Waals surface area contributed by atoms with Crippen molar-refractivity contribution in [3.8, 4) is 0 Å². The lowest BCUT2D eigenvalue weighted by molar-refractivity contribution is -0.110. The Morgan fingerprint density at radius 1 is 1.05 bits per heavy atom. The van der Waals surface area contributed by atoms with Crippen molar-refractivity contribution in [3.05, 3.63) is 29.1 Å². The van der Waals surface area contributed by atoms with Crippen LogP contribution in [0.2, 0.25) is 0 Å². The minimum Gasteiger partial charge on any atom is -0.400 e. The zero-order valence-electron chi connectivity index (χ0n) is 11.5. The van der Waals surface area contributed by atoms with Crippen LogP contribution in [0.4, 0.5) is 22.0 Å². The van der Waals surface area contributed by atoms with Gasteiger partial charge < -0.3 is 9.90 Å². The Balaban J connectivity index is 0.00000191. The van der Waals surface area contributed by atoms with Crippen molar-refractivity contribution < 1.29 is 31.9 Å². The highest BCUT2D eigenvalue weighted by atomic mass is 32.2. The van der Waals surface area contributed by atoms with Crippen molar-refractivity contribution in [1.29, 1.82) is 0 Å². The van der Waals surface area contributed by atoms with E-state index in [2.05, 4.69) is 0 Å². The van der Waals surface area contributed by atoms with Crippen molar-refractivity contribution >= 4 is 18.2 Å². The average molecular weight is 331 g/mol. The summed E-state index contributed by atoms with van der Waals surface area (Å²) in [6.07, 6.45) is 0.863. The Bertz CT molecular complexity index is 472. The SMILES string of the molecule is CCC(C=O)N(C)Sc1c(F)c(F)c(F)c(F)c1F.CO. The monoisotopic (exact) mass is 331 g/mol. The lowest BCUT2D eigenvalue weighted by Gasteiger charge is -2.21. The minimum atomic E-state index is -2.20. The van der Waals surface area contributed by atoms with Crippen molar-refractivity contribution in [3.63, 3.8) is 0 Å². The van der Waals surface area contributed by atoms with E-state index >= 15 is 0 Å². The van der Waals surface area contributed by atoms with Gasteiger partial charge in [0.05, 0.1) is 6.04 Å². The second kappa shape index (κ2) is 8.96. The molecule has 1 aromatic carbocycles. The number of rotatable bonds is 5. The largest absolute Gasteiger partial charge is 0.400 e. The summed E-state index contributed by atoms with van der Waals surface area (Å²) >= 11 is 0.297. The number of likely N-dealkylation sites (N-methyl/N-ethyl adjacent to an activating group) is 1. The molecule has 0 saturated carbocycles. The number of aliphatic hydroxyl groups is 1. The molecule has 21 heavy (non-hydrogen) atoms. The van der Waals surface area contributed by atoms with Crippen LogP contribution >= 0.6 is 11.9 Å². The molecule has 0 saturated heterocycles. The van der Waals surface area contributed by atoms with Crippen LogP contribution in [0.25, 0.3) is 0 Å². The van der Waals surface area contributed by atoms with Gasteiger partial charge in [-0.05, 0) is 25.4 Å². The number of aldehydes is 1. The number of hydrogen-bond acceptors (Lipinski definition) is 4. The summed E-state index contributed by atoms with van der Waals surface area (Å²) < 4.78 is 66.6. The van der Waals surface area contributed by atoms with E-state index in [4.69, 9.17) is 5.11 Å². The van der Waals surface area contributed by atoms with Crippen LogP contribution in [-0.4, -0.2) is 35.9 Å². The normalized spacial score (nSPS) is 11.9. The first-order valence-electron chi connectivity index (χ1n) is 5.67. The molecule has 3 nitrogen and oxygen atoms in total. The molecule has 0 radical (unpaired) electrons. The molecule has 0 spiro atoms. The van der Waals surface area contributed by atoms with E-state index in [1.807, 2.05) is 0 Å². The molecule has 0 amide bonds. The Morgan fingerprint density at radius 2 is 1.43 bits per heavy atom. The smallest absolute Gasteiger partial charge is 0.200 e. The average Bonchev–Trinajstić information content (AvgIpc) is 2.51. The van der Waals surface area contributed by atoms with Gasteiger partial charge in [0, 0.05) is 7.11 Å². The maximum Gasteiger partial charge on any atom is 0.200 e. The van der Waals surface area contributed by atoms with Crippen LogP contribution in [0.3, 0.4) is 0 Å². The molecule has 1 unspecified atom stereocenters. The Morgan fingerprint density at radius 3 is 1.76 bits per heavy atom. The fourth-order valence-corrected chi connectivity index (χ4v) is 2.28. The number of hydrogen-bond donors (Lipinski definition) is 1. The third-order valence-electron chi connectivity index (χ3n) is 2.45. The van der Waals surface area contributed by atoms with E-state index in [1.165, 1.54) is 7.05 Å².